The van der Waals surface area contributed by atoms with Crippen molar-refractivity contribution < 1.29 is 23.1 Å². The molecule has 4 nitrogen and oxygen atoms in total. The number of nitrogens with zero attached hydrogens (tertiary/aromatic N) is 1. The van der Waals surface area contributed by atoms with Crippen LogP contribution in [0.1, 0.15) is 19.8 Å². The third-order valence-corrected chi connectivity index (χ3v) is 3.22. The summed E-state index contributed by atoms with van der Waals surface area (Å²) in [6.07, 6.45) is -3.00. The first-order valence-corrected chi connectivity index (χ1v) is 6.49. The van der Waals surface area contributed by atoms with Gasteiger partial charge in [0, 0.05) is 19.7 Å². The number of rotatable bonds is 5. The molecule has 0 radical (unpaired) electrons. The molecular weight excluding hydrogens is 261 g/mol. The van der Waals surface area contributed by atoms with Crippen molar-refractivity contribution in [3.8, 4) is 0 Å². The van der Waals surface area contributed by atoms with Crippen molar-refractivity contribution >= 4 is 5.91 Å². The molecular formula is C12H21F3N2O2. The Morgan fingerprint density at radius 3 is 2.79 bits per heavy atom. The van der Waals surface area contributed by atoms with E-state index in [-0.39, 0.29) is 30.9 Å². The van der Waals surface area contributed by atoms with Gasteiger partial charge in [-0.05, 0) is 25.3 Å². The molecule has 0 spiro atoms. The fourth-order valence-electron chi connectivity index (χ4n) is 2.15. The molecule has 1 aliphatic rings. The Kier molecular flexibility index (Phi) is 6.06. The summed E-state index contributed by atoms with van der Waals surface area (Å²) in [7, 11) is 0. The SMILES string of the molecule is CC(CO)CNC(=O)C1CCCN(CC(F)(F)F)C1. The minimum Gasteiger partial charge on any atom is -0.396 e. The smallest absolute Gasteiger partial charge is 0.396 e. The molecule has 112 valence electrons. The van der Waals surface area contributed by atoms with E-state index in [2.05, 4.69) is 5.32 Å². The van der Waals surface area contributed by atoms with E-state index in [9.17, 15) is 18.0 Å². The van der Waals surface area contributed by atoms with Crippen molar-refractivity contribution in [3.05, 3.63) is 0 Å². The number of alkyl halides is 3. The topological polar surface area (TPSA) is 52.6 Å². The Morgan fingerprint density at radius 1 is 1.53 bits per heavy atom. The van der Waals surface area contributed by atoms with Crippen LogP contribution in [-0.4, -0.2) is 54.9 Å². The van der Waals surface area contributed by atoms with Gasteiger partial charge in [0.15, 0.2) is 0 Å². The average molecular weight is 282 g/mol. The molecule has 1 fully saturated rings. The van der Waals surface area contributed by atoms with Crippen LogP contribution in [0, 0.1) is 11.8 Å². The standard InChI is InChI=1S/C12H21F3N2O2/c1-9(7-18)5-16-11(19)10-3-2-4-17(6-10)8-12(13,14)15/h9-10,18H,2-8H2,1H3,(H,16,19). The van der Waals surface area contributed by atoms with Gasteiger partial charge in [0.1, 0.15) is 0 Å². The van der Waals surface area contributed by atoms with Crippen molar-refractivity contribution in [2.75, 3.05) is 32.8 Å². The fraction of sp³-hybridized carbons (Fsp3) is 0.917. The zero-order valence-corrected chi connectivity index (χ0v) is 11.0. The molecule has 2 unspecified atom stereocenters. The fourth-order valence-corrected chi connectivity index (χ4v) is 2.15. The molecule has 1 aliphatic heterocycles. The van der Waals surface area contributed by atoms with Gasteiger partial charge in [0.05, 0.1) is 12.5 Å². The maximum absolute atomic E-state index is 12.3. The summed E-state index contributed by atoms with van der Waals surface area (Å²) in [6.45, 7) is 1.70. The highest BCUT2D eigenvalue weighted by molar-refractivity contribution is 5.78. The van der Waals surface area contributed by atoms with E-state index in [1.165, 1.54) is 4.90 Å². The normalized spacial score (nSPS) is 23.1. The summed E-state index contributed by atoms with van der Waals surface area (Å²) < 4.78 is 36.9. The quantitative estimate of drug-likeness (QED) is 0.791. The molecule has 2 N–H and O–H groups in total. The number of aliphatic hydroxyl groups excluding tert-OH is 1. The number of piperidine rings is 1. The number of carbonyl (C=O) groups excluding carboxylic acids is 1. The highest BCUT2D eigenvalue weighted by Crippen LogP contribution is 2.22. The minimum absolute atomic E-state index is 0.0227. The number of carbonyl (C=O) groups is 1. The van der Waals surface area contributed by atoms with Crippen LogP contribution in [0.15, 0.2) is 0 Å². The molecule has 0 saturated carbocycles. The summed E-state index contributed by atoms with van der Waals surface area (Å²) in [4.78, 5) is 13.1. The second-order valence-corrected chi connectivity index (χ2v) is 5.22. The maximum Gasteiger partial charge on any atom is 0.401 e. The molecule has 0 aromatic heterocycles. The second kappa shape index (κ2) is 7.09. The van der Waals surface area contributed by atoms with Gasteiger partial charge in [-0.1, -0.05) is 6.92 Å². The van der Waals surface area contributed by atoms with Crippen LogP contribution in [-0.2, 0) is 4.79 Å². The van der Waals surface area contributed by atoms with Crippen molar-refractivity contribution in [3.63, 3.8) is 0 Å². The van der Waals surface area contributed by atoms with Gasteiger partial charge >= 0.3 is 6.18 Å². The number of amides is 1. The third kappa shape index (κ3) is 6.24. The number of hydrogen-bond acceptors (Lipinski definition) is 3. The molecule has 0 aromatic carbocycles. The molecule has 0 aliphatic carbocycles. The number of nitrogens with one attached hydrogen (secondary N) is 1. The first-order valence-electron chi connectivity index (χ1n) is 6.49. The van der Waals surface area contributed by atoms with Crippen molar-refractivity contribution in [2.45, 2.75) is 25.9 Å². The van der Waals surface area contributed by atoms with Gasteiger partial charge in [0.25, 0.3) is 0 Å². The summed E-state index contributed by atoms with van der Waals surface area (Å²) in [6, 6.07) is 0. The van der Waals surface area contributed by atoms with Crippen LogP contribution < -0.4 is 5.32 Å². The van der Waals surface area contributed by atoms with Crippen LogP contribution in [0.4, 0.5) is 13.2 Å². The molecule has 1 heterocycles. The average Bonchev–Trinajstić information content (AvgIpc) is 2.33. The molecule has 0 bridgehead atoms. The first kappa shape index (κ1) is 16.2. The second-order valence-electron chi connectivity index (χ2n) is 5.22. The number of halogens is 3. The van der Waals surface area contributed by atoms with E-state index in [1.54, 1.807) is 6.92 Å². The highest BCUT2D eigenvalue weighted by atomic mass is 19.4. The molecule has 7 heteroatoms. The van der Waals surface area contributed by atoms with E-state index in [0.717, 1.165) is 0 Å². The van der Waals surface area contributed by atoms with Crippen molar-refractivity contribution in [1.29, 1.82) is 0 Å². The van der Waals surface area contributed by atoms with E-state index in [0.29, 0.717) is 25.9 Å². The van der Waals surface area contributed by atoms with Crippen LogP contribution in [0.5, 0.6) is 0 Å². The van der Waals surface area contributed by atoms with E-state index in [4.69, 9.17) is 5.11 Å². The van der Waals surface area contributed by atoms with Gasteiger partial charge in [-0.25, -0.2) is 0 Å². The number of aliphatic hydroxyl groups is 1. The van der Waals surface area contributed by atoms with Gasteiger partial charge in [-0.15, -0.1) is 0 Å². The number of likely N-dealkylation sites (tertiary alicyclic amines) is 1. The summed E-state index contributed by atoms with van der Waals surface area (Å²) >= 11 is 0. The van der Waals surface area contributed by atoms with Crippen LogP contribution in [0.3, 0.4) is 0 Å². The highest BCUT2D eigenvalue weighted by Gasteiger charge is 2.34. The third-order valence-electron chi connectivity index (χ3n) is 3.22. The summed E-state index contributed by atoms with van der Waals surface area (Å²) in [5.74, 6) is -0.645. The first-order chi connectivity index (χ1) is 8.81. The van der Waals surface area contributed by atoms with Crippen LogP contribution in [0.2, 0.25) is 0 Å². The molecule has 1 amide bonds. The van der Waals surface area contributed by atoms with Crippen LogP contribution >= 0.6 is 0 Å². The van der Waals surface area contributed by atoms with E-state index in [1.807, 2.05) is 0 Å². The maximum atomic E-state index is 12.3. The Bertz CT molecular complexity index is 297. The van der Waals surface area contributed by atoms with E-state index >= 15 is 0 Å². The Morgan fingerprint density at radius 2 is 2.21 bits per heavy atom. The van der Waals surface area contributed by atoms with E-state index < -0.39 is 12.7 Å². The van der Waals surface area contributed by atoms with Gasteiger partial charge in [0.2, 0.25) is 5.91 Å². The summed E-state index contributed by atoms with van der Waals surface area (Å²) in [5.41, 5.74) is 0. The lowest BCUT2D eigenvalue weighted by atomic mass is 9.97. The molecule has 1 saturated heterocycles. The molecule has 0 aromatic rings. The zero-order chi connectivity index (χ0) is 14.5. The Labute approximate surface area is 111 Å². The predicted molar refractivity (Wildman–Crippen MR) is 64.5 cm³/mol. The monoisotopic (exact) mass is 282 g/mol. The minimum atomic E-state index is -4.22. The summed E-state index contributed by atoms with van der Waals surface area (Å²) in [5, 5.41) is 11.5. The molecule has 19 heavy (non-hydrogen) atoms. The number of hydrogen-bond donors (Lipinski definition) is 2. The Balaban J connectivity index is 2.39. The van der Waals surface area contributed by atoms with Crippen molar-refractivity contribution in [1.82, 2.24) is 10.2 Å². The predicted octanol–water partition coefficient (Wildman–Crippen LogP) is 1.01. The van der Waals surface area contributed by atoms with Gasteiger partial charge < -0.3 is 10.4 Å². The van der Waals surface area contributed by atoms with Crippen LogP contribution in [0.25, 0.3) is 0 Å². The largest absolute Gasteiger partial charge is 0.401 e. The van der Waals surface area contributed by atoms with Crippen molar-refractivity contribution in [2.24, 2.45) is 11.8 Å². The Hall–Kier alpha value is -0.820. The zero-order valence-electron chi connectivity index (χ0n) is 11.0. The molecule has 1 rings (SSSR count). The molecule has 2 atom stereocenters. The van der Waals surface area contributed by atoms with Gasteiger partial charge in [-0.2, -0.15) is 13.2 Å². The lowest BCUT2D eigenvalue weighted by molar-refractivity contribution is -0.152. The lowest BCUT2D eigenvalue weighted by Crippen LogP contribution is -2.46. The van der Waals surface area contributed by atoms with Gasteiger partial charge in [-0.3, -0.25) is 9.69 Å². The lowest BCUT2D eigenvalue weighted by Gasteiger charge is -2.32.